The molecule has 0 aromatic heterocycles. The molecule has 0 aliphatic heterocycles. The zero-order valence-electron chi connectivity index (χ0n) is 10.9. The van der Waals surface area contributed by atoms with Crippen molar-refractivity contribution in [3.63, 3.8) is 0 Å². The first-order valence-corrected chi connectivity index (χ1v) is 5.70. The van der Waals surface area contributed by atoms with Crippen molar-refractivity contribution in [2.24, 2.45) is 5.92 Å². The summed E-state index contributed by atoms with van der Waals surface area (Å²) in [4.78, 5) is 23.3. The molecule has 0 aliphatic rings. The molecule has 0 saturated heterocycles. The van der Waals surface area contributed by atoms with Gasteiger partial charge in [0.1, 0.15) is 17.7 Å². The normalized spacial score (nSPS) is 12.1. The highest BCUT2D eigenvalue weighted by Gasteiger charge is 2.25. The minimum absolute atomic E-state index is 0.188. The van der Waals surface area contributed by atoms with Crippen molar-refractivity contribution in [3.8, 4) is 0 Å². The topological polar surface area (TPSA) is 55.4 Å². The van der Waals surface area contributed by atoms with E-state index < -0.39 is 29.6 Å². The quantitative estimate of drug-likeness (QED) is 0.851. The Morgan fingerprint density at radius 2 is 1.68 bits per heavy atom. The molecule has 0 spiro atoms. The van der Waals surface area contributed by atoms with Gasteiger partial charge in [0.15, 0.2) is 0 Å². The number of amides is 1. The minimum Gasteiger partial charge on any atom is -0.467 e. The number of benzene rings is 1. The SMILES string of the molecule is COC(=O)[C@@H](NC(=O)c1cc(F)cc(F)c1)C(C)C. The standard InChI is InChI=1S/C13H15F2NO3/c1-7(2)11(13(18)19-3)16-12(17)8-4-9(14)6-10(15)5-8/h4-7,11H,1-3H3,(H,16,17)/t11-/m0/s1. The second kappa shape index (κ2) is 6.26. The fourth-order valence-corrected chi connectivity index (χ4v) is 1.53. The van der Waals surface area contributed by atoms with Gasteiger partial charge in [-0.05, 0) is 18.1 Å². The number of hydrogen-bond acceptors (Lipinski definition) is 3. The maximum absolute atomic E-state index is 13.0. The van der Waals surface area contributed by atoms with Gasteiger partial charge in [0.25, 0.3) is 5.91 Å². The summed E-state index contributed by atoms with van der Waals surface area (Å²) in [6.45, 7) is 3.43. The Labute approximate surface area is 109 Å². The molecular weight excluding hydrogens is 256 g/mol. The maximum atomic E-state index is 13.0. The summed E-state index contributed by atoms with van der Waals surface area (Å²) in [6.07, 6.45) is 0. The molecule has 1 N–H and O–H groups in total. The van der Waals surface area contributed by atoms with E-state index >= 15 is 0 Å². The van der Waals surface area contributed by atoms with Gasteiger partial charge in [-0.25, -0.2) is 13.6 Å². The maximum Gasteiger partial charge on any atom is 0.328 e. The molecule has 6 heteroatoms. The van der Waals surface area contributed by atoms with E-state index in [9.17, 15) is 18.4 Å². The molecule has 1 atom stereocenters. The molecule has 1 aromatic carbocycles. The Morgan fingerprint density at radius 3 is 2.11 bits per heavy atom. The van der Waals surface area contributed by atoms with Crippen molar-refractivity contribution in [2.75, 3.05) is 7.11 Å². The summed E-state index contributed by atoms with van der Waals surface area (Å²) in [5, 5.41) is 2.39. The number of esters is 1. The second-order valence-electron chi connectivity index (χ2n) is 4.38. The molecule has 1 rings (SSSR count). The van der Waals surface area contributed by atoms with Crippen molar-refractivity contribution < 1.29 is 23.1 Å². The number of rotatable bonds is 4. The predicted octanol–water partition coefficient (Wildman–Crippen LogP) is 1.89. The van der Waals surface area contributed by atoms with Crippen LogP contribution in [-0.2, 0) is 9.53 Å². The first kappa shape index (κ1) is 15.1. The van der Waals surface area contributed by atoms with E-state index in [0.29, 0.717) is 6.07 Å². The number of carbonyl (C=O) groups is 2. The molecule has 0 fully saturated rings. The lowest BCUT2D eigenvalue weighted by Gasteiger charge is -2.19. The summed E-state index contributed by atoms with van der Waals surface area (Å²) < 4.78 is 30.6. The van der Waals surface area contributed by atoms with Gasteiger partial charge < -0.3 is 10.1 Å². The van der Waals surface area contributed by atoms with E-state index in [0.717, 1.165) is 12.1 Å². The molecule has 104 valence electrons. The van der Waals surface area contributed by atoms with Gasteiger partial charge in [0.2, 0.25) is 0 Å². The van der Waals surface area contributed by atoms with Crippen LogP contribution < -0.4 is 5.32 Å². The van der Waals surface area contributed by atoms with E-state index in [1.54, 1.807) is 13.8 Å². The highest BCUT2D eigenvalue weighted by Crippen LogP contribution is 2.10. The van der Waals surface area contributed by atoms with E-state index in [4.69, 9.17) is 0 Å². The fraction of sp³-hybridized carbons (Fsp3) is 0.385. The Bertz CT molecular complexity index is 469. The van der Waals surface area contributed by atoms with Crippen LogP contribution in [0.5, 0.6) is 0 Å². The zero-order chi connectivity index (χ0) is 14.6. The van der Waals surface area contributed by atoms with E-state index in [1.165, 1.54) is 7.11 Å². The van der Waals surface area contributed by atoms with Crippen LogP contribution in [-0.4, -0.2) is 25.0 Å². The first-order chi connectivity index (χ1) is 8.85. The summed E-state index contributed by atoms with van der Waals surface area (Å²) in [5.74, 6) is -3.27. The van der Waals surface area contributed by atoms with Gasteiger partial charge >= 0.3 is 5.97 Å². The van der Waals surface area contributed by atoms with Gasteiger partial charge in [-0.3, -0.25) is 4.79 Å². The van der Waals surface area contributed by atoms with E-state index in [-0.39, 0.29) is 11.5 Å². The third kappa shape index (κ3) is 4.01. The van der Waals surface area contributed by atoms with Crippen molar-refractivity contribution in [3.05, 3.63) is 35.4 Å². The van der Waals surface area contributed by atoms with Crippen molar-refractivity contribution in [1.29, 1.82) is 0 Å². The van der Waals surface area contributed by atoms with Crippen LogP contribution in [0.3, 0.4) is 0 Å². The molecular formula is C13H15F2NO3. The number of ether oxygens (including phenoxy) is 1. The van der Waals surface area contributed by atoms with Crippen LogP contribution in [0.1, 0.15) is 24.2 Å². The molecule has 0 radical (unpaired) electrons. The third-order valence-electron chi connectivity index (χ3n) is 2.53. The summed E-state index contributed by atoms with van der Waals surface area (Å²) in [7, 11) is 1.20. The first-order valence-electron chi connectivity index (χ1n) is 5.70. The highest BCUT2D eigenvalue weighted by atomic mass is 19.1. The Hall–Kier alpha value is -1.98. The lowest BCUT2D eigenvalue weighted by molar-refractivity contribution is -0.144. The monoisotopic (exact) mass is 271 g/mol. The number of hydrogen-bond donors (Lipinski definition) is 1. The third-order valence-corrected chi connectivity index (χ3v) is 2.53. The molecule has 1 amide bonds. The molecule has 0 saturated carbocycles. The van der Waals surface area contributed by atoms with Crippen LogP contribution in [0.15, 0.2) is 18.2 Å². The average molecular weight is 271 g/mol. The summed E-state index contributed by atoms with van der Waals surface area (Å²) in [6, 6.07) is 1.58. The zero-order valence-corrected chi connectivity index (χ0v) is 10.9. The molecule has 4 nitrogen and oxygen atoms in total. The highest BCUT2D eigenvalue weighted by molar-refractivity contribution is 5.96. The van der Waals surface area contributed by atoms with Crippen molar-refractivity contribution in [1.82, 2.24) is 5.32 Å². The second-order valence-corrected chi connectivity index (χ2v) is 4.38. The molecule has 0 heterocycles. The largest absolute Gasteiger partial charge is 0.467 e. The molecule has 0 unspecified atom stereocenters. The number of methoxy groups -OCH3 is 1. The Kier molecular flexibility index (Phi) is 4.97. The molecule has 0 bridgehead atoms. The van der Waals surface area contributed by atoms with E-state index in [1.807, 2.05) is 0 Å². The van der Waals surface area contributed by atoms with Gasteiger partial charge in [0, 0.05) is 11.6 Å². The van der Waals surface area contributed by atoms with Crippen LogP contribution in [0, 0.1) is 17.6 Å². The summed E-state index contributed by atoms with van der Waals surface area (Å²) >= 11 is 0. The Balaban J connectivity index is 2.90. The smallest absolute Gasteiger partial charge is 0.328 e. The molecule has 0 aliphatic carbocycles. The van der Waals surface area contributed by atoms with Gasteiger partial charge in [-0.15, -0.1) is 0 Å². The number of nitrogens with one attached hydrogen (secondary N) is 1. The van der Waals surface area contributed by atoms with Gasteiger partial charge in [-0.1, -0.05) is 13.8 Å². The predicted molar refractivity (Wildman–Crippen MR) is 64.5 cm³/mol. The lowest BCUT2D eigenvalue weighted by Crippen LogP contribution is -2.45. The lowest BCUT2D eigenvalue weighted by atomic mass is 10.0. The van der Waals surface area contributed by atoms with Crippen molar-refractivity contribution >= 4 is 11.9 Å². The van der Waals surface area contributed by atoms with Crippen LogP contribution in [0.25, 0.3) is 0 Å². The number of halogens is 2. The van der Waals surface area contributed by atoms with Crippen LogP contribution in [0.4, 0.5) is 8.78 Å². The van der Waals surface area contributed by atoms with Crippen LogP contribution >= 0.6 is 0 Å². The molecule has 1 aromatic rings. The molecule has 19 heavy (non-hydrogen) atoms. The van der Waals surface area contributed by atoms with Crippen LogP contribution in [0.2, 0.25) is 0 Å². The number of carbonyl (C=O) groups excluding carboxylic acids is 2. The fourth-order valence-electron chi connectivity index (χ4n) is 1.53. The Morgan fingerprint density at radius 1 is 1.16 bits per heavy atom. The van der Waals surface area contributed by atoms with Gasteiger partial charge in [-0.2, -0.15) is 0 Å². The van der Waals surface area contributed by atoms with Gasteiger partial charge in [0.05, 0.1) is 7.11 Å². The minimum atomic E-state index is -0.871. The average Bonchev–Trinajstić information content (AvgIpc) is 2.33. The van der Waals surface area contributed by atoms with Crippen molar-refractivity contribution in [2.45, 2.75) is 19.9 Å². The van der Waals surface area contributed by atoms with E-state index in [2.05, 4.69) is 10.1 Å². The summed E-state index contributed by atoms with van der Waals surface area (Å²) in [5.41, 5.74) is -0.188.